The number of esters is 1. The number of nitro groups is 1. The zero-order valence-corrected chi connectivity index (χ0v) is 14.2. The van der Waals surface area contributed by atoms with Crippen LogP contribution in [0.2, 0.25) is 0 Å². The maximum absolute atomic E-state index is 12.4. The molecule has 0 spiro atoms. The van der Waals surface area contributed by atoms with E-state index in [9.17, 15) is 29.3 Å². The van der Waals surface area contributed by atoms with Crippen LogP contribution >= 0.6 is 0 Å². The number of carbonyl (C=O) groups is 4. The lowest BCUT2D eigenvalue weighted by Gasteiger charge is -2.12. The molecule has 1 aliphatic rings. The zero-order chi connectivity index (χ0) is 20.3. The van der Waals surface area contributed by atoms with Gasteiger partial charge >= 0.3 is 5.97 Å². The molecular formula is C17H12N4O7. The third-order valence-corrected chi connectivity index (χ3v) is 3.76. The van der Waals surface area contributed by atoms with E-state index < -0.39 is 47.5 Å². The summed E-state index contributed by atoms with van der Waals surface area (Å²) in [5, 5.41) is 13.4. The van der Waals surface area contributed by atoms with E-state index in [1.54, 1.807) is 12.1 Å². The van der Waals surface area contributed by atoms with Crippen molar-refractivity contribution in [2.75, 3.05) is 18.5 Å². The highest BCUT2D eigenvalue weighted by molar-refractivity contribution is 6.24. The summed E-state index contributed by atoms with van der Waals surface area (Å²) >= 11 is 0. The summed E-state index contributed by atoms with van der Waals surface area (Å²) in [7, 11) is 0. The van der Waals surface area contributed by atoms with E-state index in [4.69, 9.17) is 4.74 Å². The second kappa shape index (κ2) is 7.61. The number of carbonyl (C=O) groups excluding carboxylic acids is 4. The summed E-state index contributed by atoms with van der Waals surface area (Å²) < 4.78 is 4.75. The van der Waals surface area contributed by atoms with Gasteiger partial charge in [0, 0.05) is 12.3 Å². The molecule has 3 amide bonds. The molecule has 1 N–H and O–H groups in total. The van der Waals surface area contributed by atoms with Gasteiger partial charge < -0.3 is 10.1 Å². The SMILES string of the molecule is O=C(COC(=O)CN1C(=O)c2cccc([N+](=O)[O-])c2C1=O)Nc1ccccn1. The first kappa shape index (κ1) is 18.6. The Labute approximate surface area is 157 Å². The van der Waals surface area contributed by atoms with Gasteiger partial charge in [0.1, 0.15) is 17.9 Å². The van der Waals surface area contributed by atoms with Crippen LogP contribution < -0.4 is 5.32 Å². The molecule has 0 radical (unpaired) electrons. The minimum Gasteiger partial charge on any atom is -0.454 e. The molecule has 142 valence electrons. The summed E-state index contributed by atoms with van der Waals surface area (Å²) in [4.78, 5) is 63.0. The number of ether oxygens (including phenoxy) is 1. The number of anilines is 1. The second-order valence-electron chi connectivity index (χ2n) is 5.58. The van der Waals surface area contributed by atoms with Crippen molar-refractivity contribution in [1.82, 2.24) is 9.88 Å². The molecule has 2 heterocycles. The van der Waals surface area contributed by atoms with Gasteiger partial charge in [-0.25, -0.2) is 4.98 Å². The number of hydrogen-bond acceptors (Lipinski definition) is 8. The molecule has 1 aromatic heterocycles. The van der Waals surface area contributed by atoms with Crippen LogP contribution in [-0.2, 0) is 14.3 Å². The van der Waals surface area contributed by atoms with Crippen molar-refractivity contribution in [2.45, 2.75) is 0 Å². The highest BCUT2D eigenvalue weighted by atomic mass is 16.6. The summed E-state index contributed by atoms with van der Waals surface area (Å²) in [6, 6.07) is 8.46. The Morgan fingerprint density at radius 1 is 1.14 bits per heavy atom. The van der Waals surface area contributed by atoms with Crippen LogP contribution in [0.25, 0.3) is 0 Å². The molecule has 0 atom stereocenters. The number of fused-ring (bicyclic) bond motifs is 1. The average Bonchev–Trinajstić information content (AvgIpc) is 2.92. The van der Waals surface area contributed by atoms with E-state index in [2.05, 4.69) is 10.3 Å². The van der Waals surface area contributed by atoms with Crippen molar-refractivity contribution in [3.05, 3.63) is 63.8 Å². The number of aromatic nitrogens is 1. The van der Waals surface area contributed by atoms with Gasteiger partial charge in [0.2, 0.25) is 0 Å². The molecule has 11 nitrogen and oxygen atoms in total. The van der Waals surface area contributed by atoms with E-state index >= 15 is 0 Å². The third kappa shape index (κ3) is 3.67. The van der Waals surface area contributed by atoms with Crippen LogP contribution in [-0.4, -0.2) is 51.6 Å². The van der Waals surface area contributed by atoms with Gasteiger partial charge in [0.05, 0.1) is 10.5 Å². The van der Waals surface area contributed by atoms with Gasteiger partial charge in [-0.15, -0.1) is 0 Å². The Morgan fingerprint density at radius 2 is 1.93 bits per heavy atom. The largest absolute Gasteiger partial charge is 0.454 e. The van der Waals surface area contributed by atoms with Crippen LogP contribution in [0.15, 0.2) is 42.6 Å². The molecule has 0 saturated heterocycles. The first-order chi connectivity index (χ1) is 13.4. The lowest BCUT2D eigenvalue weighted by atomic mass is 10.1. The Hall–Kier alpha value is -4.15. The summed E-state index contributed by atoms with van der Waals surface area (Å²) in [6.45, 7) is -1.43. The number of nitrogens with zero attached hydrogens (tertiary/aromatic N) is 3. The predicted octanol–water partition coefficient (Wildman–Crippen LogP) is 0.768. The Balaban J connectivity index is 1.61. The molecule has 0 aliphatic carbocycles. The van der Waals surface area contributed by atoms with E-state index in [-0.39, 0.29) is 16.9 Å². The molecule has 0 unspecified atom stereocenters. The van der Waals surface area contributed by atoms with Gasteiger partial charge in [-0.05, 0) is 18.2 Å². The Morgan fingerprint density at radius 3 is 2.61 bits per heavy atom. The molecule has 1 aliphatic heterocycles. The number of nitro benzene ring substituents is 1. The van der Waals surface area contributed by atoms with Crippen LogP contribution in [0.4, 0.5) is 11.5 Å². The quantitative estimate of drug-likeness (QED) is 0.332. The normalized spacial score (nSPS) is 12.5. The number of amides is 3. The van der Waals surface area contributed by atoms with Crippen molar-refractivity contribution >= 4 is 35.2 Å². The van der Waals surface area contributed by atoms with Crippen molar-refractivity contribution in [3.8, 4) is 0 Å². The third-order valence-electron chi connectivity index (χ3n) is 3.76. The van der Waals surface area contributed by atoms with Crippen LogP contribution in [0.5, 0.6) is 0 Å². The van der Waals surface area contributed by atoms with Gasteiger partial charge in [0.25, 0.3) is 23.4 Å². The number of benzene rings is 1. The topological polar surface area (TPSA) is 149 Å². The standard InChI is InChI=1S/C17H12N4O7/c22-13(19-12-6-1-2-7-18-12)9-28-14(23)8-20-16(24)10-4-3-5-11(21(26)27)15(10)17(20)25/h1-7H,8-9H2,(H,18,19,22). The van der Waals surface area contributed by atoms with Gasteiger partial charge in [-0.2, -0.15) is 0 Å². The second-order valence-corrected chi connectivity index (χ2v) is 5.58. The summed E-state index contributed by atoms with van der Waals surface area (Å²) in [5.41, 5.74) is -1.07. The first-order valence-electron chi connectivity index (χ1n) is 7.88. The van der Waals surface area contributed by atoms with E-state index in [0.29, 0.717) is 4.90 Å². The fourth-order valence-electron chi connectivity index (χ4n) is 2.55. The van der Waals surface area contributed by atoms with Gasteiger partial charge in [0.15, 0.2) is 6.61 Å². The molecule has 11 heteroatoms. The van der Waals surface area contributed by atoms with E-state index in [0.717, 1.165) is 6.07 Å². The summed E-state index contributed by atoms with van der Waals surface area (Å²) in [5.74, 6) is -3.24. The number of pyridine rings is 1. The van der Waals surface area contributed by atoms with Crippen molar-refractivity contribution in [3.63, 3.8) is 0 Å². The zero-order valence-electron chi connectivity index (χ0n) is 14.2. The van der Waals surface area contributed by atoms with Gasteiger partial charge in [-0.3, -0.25) is 34.2 Å². The van der Waals surface area contributed by atoms with E-state index in [1.807, 2.05) is 0 Å². The number of rotatable bonds is 6. The number of nitrogens with one attached hydrogen (secondary N) is 1. The van der Waals surface area contributed by atoms with Crippen LogP contribution in [0, 0.1) is 10.1 Å². The minimum atomic E-state index is -1.02. The molecular weight excluding hydrogens is 372 g/mol. The minimum absolute atomic E-state index is 0.167. The molecule has 0 bridgehead atoms. The van der Waals surface area contributed by atoms with E-state index in [1.165, 1.54) is 24.4 Å². The van der Waals surface area contributed by atoms with Crippen molar-refractivity contribution in [1.29, 1.82) is 0 Å². The average molecular weight is 384 g/mol. The molecule has 2 aromatic rings. The molecule has 0 saturated carbocycles. The Kier molecular flexibility index (Phi) is 5.07. The smallest absolute Gasteiger partial charge is 0.326 e. The molecule has 3 rings (SSSR count). The van der Waals surface area contributed by atoms with Crippen LogP contribution in [0.3, 0.4) is 0 Å². The lowest BCUT2D eigenvalue weighted by Crippen LogP contribution is -2.36. The Bertz CT molecular complexity index is 990. The van der Waals surface area contributed by atoms with Crippen LogP contribution in [0.1, 0.15) is 20.7 Å². The van der Waals surface area contributed by atoms with Crippen molar-refractivity contribution < 1.29 is 28.8 Å². The van der Waals surface area contributed by atoms with Gasteiger partial charge in [-0.1, -0.05) is 12.1 Å². The highest BCUT2D eigenvalue weighted by Crippen LogP contribution is 2.30. The number of hydrogen-bond donors (Lipinski definition) is 1. The summed E-state index contributed by atoms with van der Waals surface area (Å²) in [6.07, 6.45) is 1.46. The lowest BCUT2D eigenvalue weighted by molar-refractivity contribution is -0.385. The molecule has 1 aromatic carbocycles. The fraction of sp³-hybridized carbons (Fsp3) is 0.118. The number of imide groups is 1. The van der Waals surface area contributed by atoms with Crippen molar-refractivity contribution in [2.24, 2.45) is 0 Å². The molecule has 0 fully saturated rings. The predicted molar refractivity (Wildman–Crippen MR) is 92.3 cm³/mol. The fourth-order valence-corrected chi connectivity index (χ4v) is 2.55. The molecule has 28 heavy (non-hydrogen) atoms. The maximum Gasteiger partial charge on any atom is 0.326 e. The maximum atomic E-state index is 12.4. The monoisotopic (exact) mass is 384 g/mol. The highest BCUT2D eigenvalue weighted by Gasteiger charge is 2.41. The first-order valence-corrected chi connectivity index (χ1v) is 7.88.